The number of benzene rings is 1. The van der Waals surface area contributed by atoms with Crippen molar-refractivity contribution < 1.29 is 9.90 Å². The average Bonchev–Trinajstić information content (AvgIpc) is 2.43. The maximum Gasteiger partial charge on any atom is 0.244 e. The minimum atomic E-state index is -1.03. The first-order valence-electron chi connectivity index (χ1n) is 6.76. The molecule has 2 unspecified atom stereocenters. The van der Waals surface area contributed by atoms with E-state index in [9.17, 15) is 4.79 Å². The monoisotopic (exact) mass is 300 g/mol. The van der Waals surface area contributed by atoms with E-state index >= 15 is 0 Å². The summed E-state index contributed by atoms with van der Waals surface area (Å²) < 4.78 is 0. The topological polar surface area (TPSA) is 75.3 Å². The number of carbonyl (C=O) groups excluding carboxylic acids is 1. The minimum Gasteiger partial charge on any atom is -0.396 e. The predicted octanol–water partition coefficient (Wildman–Crippen LogP) is 1.81. The van der Waals surface area contributed by atoms with Gasteiger partial charge in [0.15, 0.2) is 0 Å². The van der Waals surface area contributed by atoms with Crippen LogP contribution in [-0.4, -0.2) is 24.2 Å². The zero-order valence-electron chi connectivity index (χ0n) is 12.1. The number of halogens is 1. The van der Waals surface area contributed by atoms with E-state index in [1.165, 1.54) is 0 Å². The fourth-order valence-corrected chi connectivity index (χ4v) is 1.97. The molecule has 5 heteroatoms. The van der Waals surface area contributed by atoms with Gasteiger partial charge in [0.1, 0.15) is 5.54 Å². The molecule has 0 aliphatic heterocycles. The van der Waals surface area contributed by atoms with Gasteiger partial charge < -0.3 is 16.2 Å². The number of rotatable bonds is 7. The second-order valence-corrected chi connectivity index (χ2v) is 5.06. The molecule has 20 heavy (non-hydrogen) atoms. The van der Waals surface area contributed by atoms with Crippen LogP contribution in [0.25, 0.3) is 0 Å². The van der Waals surface area contributed by atoms with Crippen LogP contribution in [0.5, 0.6) is 0 Å². The van der Waals surface area contributed by atoms with Crippen LogP contribution in [0, 0.1) is 5.92 Å². The number of nitrogens with two attached hydrogens (primary N) is 1. The second kappa shape index (κ2) is 8.95. The predicted molar refractivity (Wildman–Crippen MR) is 83.7 cm³/mol. The fraction of sp³-hybridized carbons (Fsp3) is 0.533. The number of hydrogen-bond acceptors (Lipinski definition) is 3. The molecule has 0 bridgehead atoms. The van der Waals surface area contributed by atoms with Crippen LogP contribution in [0.15, 0.2) is 30.3 Å². The zero-order chi connectivity index (χ0) is 14.3. The summed E-state index contributed by atoms with van der Waals surface area (Å²) in [5.41, 5.74) is 5.89. The van der Waals surface area contributed by atoms with Gasteiger partial charge in [0, 0.05) is 13.2 Å². The Labute approximate surface area is 127 Å². The van der Waals surface area contributed by atoms with Crippen molar-refractivity contribution in [2.24, 2.45) is 11.7 Å². The molecule has 0 spiro atoms. The summed E-state index contributed by atoms with van der Waals surface area (Å²) in [5, 5.41) is 11.8. The molecule has 114 valence electrons. The molecule has 0 saturated carbocycles. The third-order valence-corrected chi connectivity index (χ3v) is 3.51. The van der Waals surface area contributed by atoms with E-state index in [2.05, 4.69) is 5.32 Å². The first-order chi connectivity index (χ1) is 9.02. The summed E-state index contributed by atoms with van der Waals surface area (Å²) in [5.74, 6) is 0.107. The molecular weight excluding hydrogens is 276 g/mol. The molecule has 1 aromatic rings. The van der Waals surface area contributed by atoms with E-state index in [1.807, 2.05) is 37.3 Å². The number of hydrogen-bond donors (Lipinski definition) is 3. The van der Waals surface area contributed by atoms with Crippen molar-refractivity contribution in [1.29, 1.82) is 0 Å². The molecule has 0 saturated heterocycles. The summed E-state index contributed by atoms with van der Waals surface area (Å²) in [7, 11) is 0. The Kier molecular flexibility index (Phi) is 8.46. The highest BCUT2D eigenvalue weighted by molar-refractivity contribution is 5.87. The van der Waals surface area contributed by atoms with E-state index in [4.69, 9.17) is 10.8 Å². The first kappa shape index (κ1) is 18.9. The van der Waals surface area contributed by atoms with E-state index in [1.54, 1.807) is 6.92 Å². The van der Waals surface area contributed by atoms with Crippen molar-refractivity contribution in [3.8, 4) is 0 Å². The van der Waals surface area contributed by atoms with Crippen molar-refractivity contribution in [1.82, 2.24) is 5.32 Å². The van der Waals surface area contributed by atoms with Gasteiger partial charge in [-0.05, 0) is 24.8 Å². The van der Waals surface area contributed by atoms with Crippen molar-refractivity contribution in [2.45, 2.75) is 32.2 Å². The lowest BCUT2D eigenvalue weighted by Gasteiger charge is -2.25. The van der Waals surface area contributed by atoms with Crippen LogP contribution < -0.4 is 11.1 Å². The summed E-state index contributed by atoms with van der Waals surface area (Å²) in [4.78, 5) is 12.2. The Balaban J connectivity index is 0.00000361. The van der Waals surface area contributed by atoms with Crippen LogP contribution in [-0.2, 0) is 10.3 Å². The lowest BCUT2D eigenvalue weighted by Crippen LogP contribution is -2.50. The summed E-state index contributed by atoms with van der Waals surface area (Å²) in [6.45, 7) is 4.46. The Bertz CT molecular complexity index is 396. The molecule has 0 radical (unpaired) electrons. The average molecular weight is 301 g/mol. The molecule has 0 aliphatic rings. The van der Waals surface area contributed by atoms with Gasteiger partial charge in [0.05, 0.1) is 0 Å². The van der Waals surface area contributed by atoms with Gasteiger partial charge in [-0.25, -0.2) is 0 Å². The Morgan fingerprint density at radius 1 is 1.40 bits per heavy atom. The summed E-state index contributed by atoms with van der Waals surface area (Å²) >= 11 is 0. The van der Waals surface area contributed by atoms with Crippen LogP contribution >= 0.6 is 12.4 Å². The molecule has 1 rings (SSSR count). The van der Waals surface area contributed by atoms with Gasteiger partial charge in [0.2, 0.25) is 5.91 Å². The number of aliphatic hydroxyl groups is 1. The third kappa shape index (κ3) is 5.12. The molecule has 1 amide bonds. The summed E-state index contributed by atoms with van der Waals surface area (Å²) in [6.07, 6.45) is 1.62. The van der Waals surface area contributed by atoms with Crippen molar-refractivity contribution in [3.63, 3.8) is 0 Å². The highest BCUT2D eigenvalue weighted by Gasteiger charge is 2.30. The normalized spacial score (nSPS) is 14.8. The Morgan fingerprint density at radius 3 is 2.50 bits per heavy atom. The SMILES string of the molecule is CCC(CCO)CNC(=O)C(C)(N)c1ccccc1.Cl. The lowest BCUT2D eigenvalue weighted by atomic mass is 9.92. The Hall–Kier alpha value is -1.10. The van der Waals surface area contributed by atoms with E-state index in [-0.39, 0.29) is 24.9 Å². The van der Waals surface area contributed by atoms with Gasteiger partial charge in [-0.3, -0.25) is 4.79 Å². The lowest BCUT2D eigenvalue weighted by molar-refractivity contribution is -0.126. The maximum atomic E-state index is 12.2. The number of aliphatic hydroxyl groups excluding tert-OH is 1. The highest BCUT2D eigenvalue weighted by atomic mass is 35.5. The smallest absolute Gasteiger partial charge is 0.244 e. The highest BCUT2D eigenvalue weighted by Crippen LogP contribution is 2.17. The molecule has 0 aromatic heterocycles. The van der Waals surface area contributed by atoms with E-state index in [0.717, 1.165) is 12.0 Å². The zero-order valence-corrected chi connectivity index (χ0v) is 13.0. The van der Waals surface area contributed by atoms with Gasteiger partial charge in [-0.1, -0.05) is 43.7 Å². The first-order valence-corrected chi connectivity index (χ1v) is 6.76. The number of nitrogens with one attached hydrogen (secondary N) is 1. The van der Waals surface area contributed by atoms with Crippen LogP contribution in [0.1, 0.15) is 32.3 Å². The van der Waals surface area contributed by atoms with Crippen molar-refractivity contribution in [2.75, 3.05) is 13.2 Å². The van der Waals surface area contributed by atoms with E-state index < -0.39 is 5.54 Å². The van der Waals surface area contributed by atoms with Crippen molar-refractivity contribution >= 4 is 18.3 Å². The molecule has 0 aliphatic carbocycles. The van der Waals surface area contributed by atoms with Gasteiger partial charge >= 0.3 is 0 Å². The second-order valence-electron chi connectivity index (χ2n) is 5.06. The quantitative estimate of drug-likeness (QED) is 0.719. The molecule has 4 nitrogen and oxygen atoms in total. The van der Waals surface area contributed by atoms with Crippen LogP contribution in [0.4, 0.5) is 0 Å². The third-order valence-electron chi connectivity index (χ3n) is 3.51. The van der Waals surface area contributed by atoms with Gasteiger partial charge in [-0.2, -0.15) is 0 Å². The Morgan fingerprint density at radius 2 is 2.00 bits per heavy atom. The minimum absolute atomic E-state index is 0. The standard InChI is InChI=1S/C15H24N2O2.ClH/c1-3-12(9-10-18)11-17-14(19)15(2,16)13-7-5-4-6-8-13;/h4-8,12,18H,3,9-11,16H2,1-2H3,(H,17,19);1H. The molecule has 2 atom stereocenters. The molecule has 1 aromatic carbocycles. The molecule has 4 N–H and O–H groups in total. The number of amides is 1. The maximum absolute atomic E-state index is 12.2. The summed E-state index contributed by atoms with van der Waals surface area (Å²) in [6, 6.07) is 9.34. The molecule has 0 heterocycles. The van der Waals surface area contributed by atoms with Crippen LogP contribution in [0.3, 0.4) is 0 Å². The van der Waals surface area contributed by atoms with Crippen LogP contribution in [0.2, 0.25) is 0 Å². The van der Waals surface area contributed by atoms with Gasteiger partial charge in [-0.15, -0.1) is 12.4 Å². The van der Waals surface area contributed by atoms with Gasteiger partial charge in [0.25, 0.3) is 0 Å². The molecular formula is C15H25ClN2O2. The van der Waals surface area contributed by atoms with E-state index in [0.29, 0.717) is 18.9 Å². The molecule has 0 fully saturated rings. The van der Waals surface area contributed by atoms with Crippen molar-refractivity contribution in [3.05, 3.63) is 35.9 Å². The largest absolute Gasteiger partial charge is 0.396 e. The number of carbonyl (C=O) groups is 1. The fourth-order valence-electron chi connectivity index (χ4n) is 1.97.